The van der Waals surface area contributed by atoms with Crippen molar-refractivity contribution in [1.29, 1.82) is 0 Å². The third-order valence-corrected chi connectivity index (χ3v) is 3.96. The highest BCUT2D eigenvalue weighted by atomic mass is 79.9. The molecule has 0 spiro atoms. The van der Waals surface area contributed by atoms with Crippen molar-refractivity contribution in [3.05, 3.63) is 58.6 Å². The van der Waals surface area contributed by atoms with Crippen LogP contribution < -0.4 is 15.4 Å². The Bertz CT molecular complexity index is 773. The van der Waals surface area contributed by atoms with Crippen LogP contribution in [0.2, 0.25) is 0 Å². The van der Waals surface area contributed by atoms with Crippen molar-refractivity contribution in [2.45, 2.75) is 13.3 Å². The molecular formula is C19H19BrN2O4. The molecule has 2 aromatic rings. The number of benzene rings is 2. The molecule has 2 rings (SSSR count). The molecule has 0 radical (unpaired) electrons. The van der Waals surface area contributed by atoms with Gasteiger partial charge in [-0.2, -0.15) is 0 Å². The van der Waals surface area contributed by atoms with Gasteiger partial charge in [-0.15, -0.1) is 0 Å². The number of hydrogen-bond donors (Lipinski definition) is 2. The van der Waals surface area contributed by atoms with Gasteiger partial charge in [0.2, 0.25) is 5.91 Å². The van der Waals surface area contributed by atoms with Crippen LogP contribution in [-0.4, -0.2) is 30.7 Å². The first-order valence-electron chi connectivity index (χ1n) is 8.00. The van der Waals surface area contributed by atoms with Crippen molar-refractivity contribution in [2.24, 2.45) is 0 Å². The number of ketones is 1. The van der Waals surface area contributed by atoms with Gasteiger partial charge in [-0.25, -0.2) is 0 Å². The van der Waals surface area contributed by atoms with Crippen LogP contribution in [0.15, 0.2) is 53.0 Å². The normalized spacial score (nSPS) is 10.1. The van der Waals surface area contributed by atoms with Crippen LogP contribution in [0, 0.1) is 0 Å². The first-order valence-corrected chi connectivity index (χ1v) is 8.79. The molecule has 6 nitrogen and oxygen atoms in total. The SMILES string of the molecule is CC(=O)c1ccc(OCC(=O)NCCC(=O)Nc2ccc(Br)cc2)cc1. The van der Waals surface area contributed by atoms with Crippen LogP contribution in [0.5, 0.6) is 5.75 Å². The van der Waals surface area contributed by atoms with Crippen LogP contribution in [0.1, 0.15) is 23.7 Å². The Morgan fingerprint density at radius 2 is 1.62 bits per heavy atom. The van der Waals surface area contributed by atoms with E-state index in [4.69, 9.17) is 4.74 Å². The van der Waals surface area contributed by atoms with Gasteiger partial charge in [0.1, 0.15) is 5.75 Å². The predicted molar refractivity (Wildman–Crippen MR) is 102 cm³/mol. The smallest absolute Gasteiger partial charge is 0.257 e. The monoisotopic (exact) mass is 418 g/mol. The number of rotatable bonds is 8. The summed E-state index contributed by atoms with van der Waals surface area (Å²) in [4.78, 5) is 34.7. The van der Waals surface area contributed by atoms with Gasteiger partial charge < -0.3 is 15.4 Å². The molecule has 0 aliphatic heterocycles. The summed E-state index contributed by atoms with van der Waals surface area (Å²) in [5.74, 6) is -0.0423. The molecule has 2 aromatic carbocycles. The molecule has 0 bridgehead atoms. The molecule has 0 aliphatic rings. The minimum atomic E-state index is -0.322. The lowest BCUT2D eigenvalue weighted by molar-refractivity contribution is -0.123. The highest BCUT2D eigenvalue weighted by Gasteiger charge is 2.06. The second-order valence-electron chi connectivity index (χ2n) is 5.52. The highest BCUT2D eigenvalue weighted by molar-refractivity contribution is 9.10. The van der Waals surface area contributed by atoms with Crippen molar-refractivity contribution in [3.8, 4) is 5.75 Å². The van der Waals surface area contributed by atoms with Crippen molar-refractivity contribution < 1.29 is 19.1 Å². The van der Waals surface area contributed by atoms with Gasteiger partial charge in [0.15, 0.2) is 12.4 Å². The van der Waals surface area contributed by atoms with Gasteiger partial charge in [0.25, 0.3) is 5.91 Å². The van der Waals surface area contributed by atoms with E-state index in [1.807, 2.05) is 12.1 Å². The lowest BCUT2D eigenvalue weighted by atomic mass is 10.1. The maximum Gasteiger partial charge on any atom is 0.257 e. The Balaban J connectivity index is 1.66. The van der Waals surface area contributed by atoms with Gasteiger partial charge in [0.05, 0.1) is 0 Å². The molecule has 0 atom stereocenters. The van der Waals surface area contributed by atoms with E-state index in [1.165, 1.54) is 6.92 Å². The van der Waals surface area contributed by atoms with E-state index in [0.29, 0.717) is 17.0 Å². The number of halogens is 1. The average molecular weight is 419 g/mol. The summed E-state index contributed by atoms with van der Waals surface area (Å²) >= 11 is 3.32. The summed E-state index contributed by atoms with van der Waals surface area (Å²) in [6.07, 6.45) is 0.162. The second-order valence-corrected chi connectivity index (χ2v) is 6.44. The van der Waals surface area contributed by atoms with E-state index in [1.54, 1.807) is 36.4 Å². The number of anilines is 1. The minimum absolute atomic E-state index is 0.0318. The molecule has 0 unspecified atom stereocenters. The van der Waals surface area contributed by atoms with Crippen molar-refractivity contribution in [1.82, 2.24) is 5.32 Å². The third kappa shape index (κ3) is 6.68. The van der Waals surface area contributed by atoms with E-state index < -0.39 is 0 Å². The van der Waals surface area contributed by atoms with Crippen LogP contribution in [0.25, 0.3) is 0 Å². The maximum atomic E-state index is 11.8. The molecule has 0 saturated carbocycles. The Labute approximate surface area is 160 Å². The maximum absolute atomic E-state index is 11.8. The summed E-state index contributed by atoms with van der Waals surface area (Å²) < 4.78 is 6.27. The Morgan fingerprint density at radius 1 is 0.962 bits per heavy atom. The van der Waals surface area contributed by atoms with Gasteiger partial charge >= 0.3 is 0 Å². The summed E-state index contributed by atoms with van der Waals surface area (Å²) in [6, 6.07) is 13.8. The summed E-state index contributed by atoms with van der Waals surface area (Å²) in [6.45, 7) is 1.54. The largest absolute Gasteiger partial charge is 0.484 e. The van der Waals surface area contributed by atoms with Crippen LogP contribution >= 0.6 is 15.9 Å². The fraction of sp³-hybridized carbons (Fsp3) is 0.211. The summed E-state index contributed by atoms with van der Waals surface area (Å²) in [5, 5.41) is 5.37. The van der Waals surface area contributed by atoms with Gasteiger partial charge in [0, 0.05) is 28.7 Å². The second kappa shape index (κ2) is 9.72. The van der Waals surface area contributed by atoms with Crippen LogP contribution in [-0.2, 0) is 9.59 Å². The zero-order chi connectivity index (χ0) is 18.9. The Hall–Kier alpha value is -2.67. The quantitative estimate of drug-likeness (QED) is 0.644. The zero-order valence-corrected chi connectivity index (χ0v) is 15.8. The molecule has 2 N–H and O–H groups in total. The standard InChI is InChI=1S/C19H19BrN2O4/c1-13(23)14-2-8-17(9-3-14)26-12-19(25)21-11-10-18(24)22-16-6-4-15(20)5-7-16/h2-9H,10-12H2,1H3,(H,21,25)(H,22,24). The van der Waals surface area contributed by atoms with Gasteiger partial charge in [-0.3, -0.25) is 14.4 Å². The van der Waals surface area contributed by atoms with E-state index in [0.717, 1.165) is 4.47 Å². The van der Waals surface area contributed by atoms with Crippen LogP contribution in [0.3, 0.4) is 0 Å². The van der Waals surface area contributed by atoms with E-state index in [-0.39, 0.29) is 37.2 Å². The molecule has 0 fully saturated rings. The fourth-order valence-electron chi connectivity index (χ4n) is 2.06. The number of carbonyl (C=O) groups excluding carboxylic acids is 3. The summed E-state index contributed by atoms with van der Waals surface area (Å²) in [7, 11) is 0. The number of ether oxygens (including phenoxy) is 1. The van der Waals surface area contributed by atoms with Crippen molar-refractivity contribution in [2.75, 3.05) is 18.5 Å². The first-order chi connectivity index (χ1) is 12.4. The topological polar surface area (TPSA) is 84.5 Å². The minimum Gasteiger partial charge on any atom is -0.484 e. The van der Waals surface area contributed by atoms with E-state index in [9.17, 15) is 14.4 Å². The average Bonchev–Trinajstić information content (AvgIpc) is 2.62. The number of Topliss-reactive ketones (excluding diaryl/α,β-unsaturated/α-hetero) is 1. The van der Waals surface area contributed by atoms with Gasteiger partial charge in [-0.1, -0.05) is 15.9 Å². The highest BCUT2D eigenvalue weighted by Crippen LogP contribution is 2.14. The number of nitrogens with one attached hydrogen (secondary N) is 2. The lowest BCUT2D eigenvalue weighted by Gasteiger charge is -2.08. The molecule has 2 amide bonds. The Morgan fingerprint density at radius 3 is 2.23 bits per heavy atom. The molecule has 0 saturated heterocycles. The van der Waals surface area contributed by atoms with E-state index >= 15 is 0 Å². The molecule has 136 valence electrons. The predicted octanol–water partition coefficient (Wildman–Crippen LogP) is 3.18. The third-order valence-electron chi connectivity index (χ3n) is 3.43. The molecule has 0 aliphatic carbocycles. The number of hydrogen-bond acceptors (Lipinski definition) is 4. The number of carbonyl (C=O) groups is 3. The number of amides is 2. The summed E-state index contributed by atoms with van der Waals surface area (Å²) in [5.41, 5.74) is 1.28. The molecule has 0 aromatic heterocycles. The first kappa shape index (κ1) is 19.7. The zero-order valence-electron chi connectivity index (χ0n) is 14.3. The Kier molecular flexibility index (Phi) is 7.35. The molecular weight excluding hydrogens is 400 g/mol. The van der Waals surface area contributed by atoms with Crippen molar-refractivity contribution in [3.63, 3.8) is 0 Å². The van der Waals surface area contributed by atoms with Gasteiger partial charge in [-0.05, 0) is 55.5 Å². The van der Waals surface area contributed by atoms with E-state index in [2.05, 4.69) is 26.6 Å². The molecule has 0 heterocycles. The lowest BCUT2D eigenvalue weighted by Crippen LogP contribution is -2.31. The van der Waals surface area contributed by atoms with Crippen molar-refractivity contribution >= 4 is 39.2 Å². The fourth-order valence-corrected chi connectivity index (χ4v) is 2.32. The molecule has 26 heavy (non-hydrogen) atoms. The van der Waals surface area contributed by atoms with Crippen LogP contribution in [0.4, 0.5) is 5.69 Å². The molecule has 7 heteroatoms.